The summed E-state index contributed by atoms with van der Waals surface area (Å²) in [6.07, 6.45) is -11.3. The van der Waals surface area contributed by atoms with Crippen LogP contribution in [-0.4, -0.2) is 29.7 Å². The van der Waals surface area contributed by atoms with Crippen molar-refractivity contribution >= 4 is 16.6 Å². The molecular formula is C21H19F6N3O. The van der Waals surface area contributed by atoms with Gasteiger partial charge in [0, 0.05) is 30.7 Å². The number of alkyl halides is 6. The number of para-hydroxylation sites is 2. The maximum absolute atomic E-state index is 13.3. The maximum atomic E-state index is 13.3. The molecule has 3 rings (SSSR count). The van der Waals surface area contributed by atoms with Crippen LogP contribution in [-0.2, 0) is 12.4 Å². The number of hydrogen-bond donors (Lipinski definition) is 3. The van der Waals surface area contributed by atoms with Crippen LogP contribution in [0.2, 0.25) is 0 Å². The number of nitrogens with zero attached hydrogens (tertiary/aromatic N) is 1. The number of aromatic nitrogens is 1. The molecular weight excluding hydrogens is 424 g/mol. The highest BCUT2D eigenvalue weighted by Crippen LogP contribution is 2.38. The van der Waals surface area contributed by atoms with Crippen molar-refractivity contribution in [2.75, 3.05) is 25.0 Å². The van der Waals surface area contributed by atoms with Crippen molar-refractivity contribution in [1.82, 2.24) is 10.3 Å². The second-order valence-electron chi connectivity index (χ2n) is 6.81. The Kier molecular flexibility index (Phi) is 6.71. The molecule has 0 saturated heterocycles. The summed E-state index contributed by atoms with van der Waals surface area (Å²) >= 11 is 0. The second-order valence-corrected chi connectivity index (χ2v) is 6.81. The molecule has 1 aromatic heterocycles. The van der Waals surface area contributed by atoms with Crippen molar-refractivity contribution in [3.8, 4) is 0 Å². The van der Waals surface area contributed by atoms with E-state index in [1.165, 1.54) is 6.07 Å². The number of hydrogen-bond acceptors (Lipinski definition) is 4. The predicted octanol–water partition coefficient (Wildman–Crippen LogP) is 5.01. The minimum Gasteiger partial charge on any atom is -0.387 e. The molecule has 0 aliphatic rings. The molecule has 31 heavy (non-hydrogen) atoms. The average Bonchev–Trinajstić information content (AvgIpc) is 2.71. The van der Waals surface area contributed by atoms with E-state index in [1.54, 1.807) is 0 Å². The van der Waals surface area contributed by atoms with Crippen molar-refractivity contribution in [2.45, 2.75) is 18.5 Å². The van der Waals surface area contributed by atoms with Gasteiger partial charge >= 0.3 is 12.4 Å². The fourth-order valence-corrected chi connectivity index (χ4v) is 3.12. The fourth-order valence-electron chi connectivity index (χ4n) is 3.12. The molecule has 2 aromatic carbocycles. The Hall–Kier alpha value is -2.85. The van der Waals surface area contributed by atoms with Crippen molar-refractivity contribution in [3.05, 3.63) is 71.4 Å². The van der Waals surface area contributed by atoms with Crippen LogP contribution in [0.3, 0.4) is 0 Å². The molecule has 4 nitrogen and oxygen atoms in total. The molecule has 1 atom stereocenters. The van der Waals surface area contributed by atoms with Gasteiger partial charge in [-0.2, -0.15) is 26.3 Å². The van der Waals surface area contributed by atoms with E-state index >= 15 is 0 Å². The molecule has 10 heteroatoms. The van der Waals surface area contributed by atoms with Gasteiger partial charge in [-0.15, -0.1) is 0 Å². The normalized spacial score (nSPS) is 13.4. The summed E-state index contributed by atoms with van der Waals surface area (Å²) in [4.78, 5) is 3.21. The molecule has 0 aliphatic heterocycles. The van der Waals surface area contributed by atoms with Gasteiger partial charge in [-0.25, -0.2) is 4.98 Å². The van der Waals surface area contributed by atoms with Crippen LogP contribution in [0.5, 0.6) is 0 Å². The van der Waals surface area contributed by atoms with E-state index in [9.17, 15) is 31.4 Å². The molecule has 0 spiro atoms. The maximum Gasteiger partial charge on any atom is 0.433 e. The van der Waals surface area contributed by atoms with Crippen LogP contribution < -0.4 is 10.6 Å². The van der Waals surface area contributed by atoms with Crippen molar-refractivity contribution in [1.29, 1.82) is 0 Å². The van der Waals surface area contributed by atoms with Crippen molar-refractivity contribution in [2.24, 2.45) is 0 Å². The van der Waals surface area contributed by atoms with Crippen LogP contribution in [0.15, 0.2) is 54.6 Å². The molecule has 3 aromatic rings. The van der Waals surface area contributed by atoms with Crippen LogP contribution in [0, 0.1) is 0 Å². The Morgan fingerprint density at radius 1 is 0.871 bits per heavy atom. The zero-order valence-electron chi connectivity index (χ0n) is 16.1. The zero-order chi connectivity index (χ0) is 22.6. The standard InChI is InChI=1S/C21H19F6N3O/c22-20(23,24)16-8-4-7-14-15(11-18(21(25,26)27)30-19(14)16)17(31)12-28-9-10-29-13-5-2-1-3-6-13/h1-8,11,17,28-29,31H,9-10,12H2. The van der Waals surface area contributed by atoms with Crippen LogP contribution in [0.4, 0.5) is 32.0 Å². The van der Waals surface area contributed by atoms with Gasteiger partial charge in [-0.05, 0) is 29.8 Å². The van der Waals surface area contributed by atoms with Gasteiger partial charge in [-0.3, -0.25) is 0 Å². The van der Waals surface area contributed by atoms with E-state index in [2.05, 4.69) is 15.6 Å². The summed E-state index contributed by atoms with van der Waals surface area (Å²) in [7, 11) is 0. The van der Waals surface area contributed by atoms with Gasteiger partial charge in [0.05, 0.1) is 17.2 Å². The lowest BCUT2D eigenvalue weighted by Gasteiger charge is -2.19. The summed E-state index contributed by atoms with van der Waals surface area (Å²) in [5.74, 6) is 0. The Morgan fingerprint density at radius 2 is 1.58 bits per heavy atom. The highest BCUT2D eigenvalue weighted by molar-refractivity contribution is 5.86. The lowest BCUT2D eigenvalue weighted by molar-refractivity contribution is -0.142. The third-order valence-electron chi connectivity index (χ3n) is 4.57. The molecule has 1 unspecified atom stereocenters. The molecule has 0 fully saturated rings. The van der Waals surface area contributed by atoms with Crippen LogP contribution >= 0.6 is 0 Å². The summed E-state index contributed by atoms with van der Waals surface area (Å²) in [5.41, 5.74) is -3.02. The second kappa shape index (κ2) is 9.11. The molecule has 3 N–H and O–H groups in total. The third kappa shape index (κ3) is 5.65. The smallest absolute Gasteiger partial charge is 0.387 e. The number of halogens is 6. The van der Waals surface area contributed by atoms with E-state index in [0.717, 1.165) is 11.8 Å². The molecule has 0 amide bonds. The molecule has 0 saturated carbocycles. The van der Waals surface area contributed by atoms with E-state index in [1.807, 2.05) is 30.3 Å². The lowest BCUT2D eigenvalue weighted by Crippen LogP contribution is -2.27. The van der Waals surface area contributed by atoms with E-state index in [0.29, 0.717) is 25.2 Å². The molecule has 0 aliphatic carbocycles. The first-order valence-corrected chi connectivity index (χ1v) is 9.33. The number of pyridine rings is 1. The monoisotopic (exact) mass is 443 g/mol. The highest BCUT2D eigenvalue weighted by Gasteiger charge is 2.37. The number of aliphatic hydroxyl groups is 1. The SMILES string of the molecule is OC(CNCCNc1ccccc1)c1cc(C(F)(F)F)nc2c(C(F)(F)F)cccc12. The third-order valence-corrected chi connectivity index (χ3v) is 4.57. The minimum absolute atomic E-state index is 0.150. The van der Waals surface area contributed by atoms with E-state index in [-0.39, 0.29) is 17.5 Å². The summed E-state index contributed by atoms with van der Waals surface area (Å²) in [5, 5.41) is 16.3. The lowest BCUT2D eigenvalue weighted by atomic mass is 9.99. The quantitative estimate of drug-likeness (QED) is 0.355. The van der Waals surface area contributed by atoms with Crippen LogP contribution in [0.25, 0.3) is 10.9 Å². The highest BCUT2D eigenvalue weighted by atomic mass is 19.4. The van der Waals surface area contributed by atoms with E-state index in [4.69, 9.17) is 0 Å². The number of anilines is 1. The van der Waals surface area contributed by atoms with Crippen LogP contribution in [0.1, 0.15) is 22.9 Å². The minimum atomic E-state index is -4.96. The number of rotatable bonds is 7. The Morgan fingerprint density at radius 3 is 2.23 bits per heavy atom. The number of benzene rings is 2. The van der Waals surface area contributed by atoms with Crippen molar-refractivity contribution in [3.63, 3.8) is 0 Å². The summed E-state index contributed by atoms with van der Waals surface area (Å²) in [6, 6.07) is 12.8. The van der Waals surface area contributed by atoms with Gasteiger partial charge in [0.1, 0.15) is 5.69 Å². The van der Waals surface area contributed by atoms with Gasteiger partial charge in [-0.1, -0.05) is 30.3 Å². The first-order valence-electron chi connectivity index (χ1n) is 9.33. The predicted molar refractivity (Wildman–Crippen MR) is 105 cm³/mol. The molecule has 1 heterocycles. The molecule has 166 valence electrons. The number of aliphatic hydroxyl groups excluding tert-OH is 1. The largest absolute Gasteiger partial charge is 0.433 e. The summed E-state index contributed by atoms with van der Waals surface area (Å²) < 4.78 is 79.7. The Balaban J connectivity index is 1.81. The first-order chi connectivity index (χ1) is 14.6. The number of fused-ring (bicyclic) bond motifs is 1. The number of nitrogens with one attached hydrogen (secondary N) is 2. The fraction of sp³-hybridized carbons (Fsp3) is 0.286. The molecule has 0 radical (unpaired) electrons. The topological polar surface area (TPSA) is 57.2 Å². The Bertz CT molecular complexity index is 1020. The van der Waals surface area contributed by atoms with Gasteiger partial charge < -0.3 is 15.7 Å². The average molecular weight is 443 g/mol. The van der Waals surface area contributed by atoms with Gasteiger partial charge in [0.25, 0.3) is 0 Å². The van der Waals surface area contributed by atoms with E-state index < -0.39 is 35.2 Å². The summed E-state index contributed by atoms with van der Waals surface area (Å²) in [6.45, 7) is 0.692. The van der Waals surface area contributed by atoms with Gasteiger partial charge in [0.15, 0.2) is 0 Å². The van der Waals surface area contributed by atoms with Crippen molar-refractivity contribution < 1.29 is 31.4 Å². The zero-order valence-corrected chi connectivity index (χ0v) is 16.1. The first kappa shape index (κ1) is 22.8. The molecule has 0 bridgehead atoms. The Labute approximate surface area is 173 Å². The van der Waals surface area contributed by atoms with Gasteiger partial charge in [0.2, 0.25) is 0 Å².